The summed E-state index contributed by atoms with van der Waals surface area (Å²) in [5.41, 5.74) is -12.1. The number of hydrogen-bond donors (Lipinski definition) is 2. The van der Waals surface area contributed by atoms with E-state index in [4.69, 9.17) is 18.9 Å². The van der Waals surface area contributed by atoms with Crippen molar-refractivity contribution in [1.29, 1.82) is 0 Å². The van der Waals surface area contributed by atoms with Gasteiger partial charge in [-0.05, 0) is 35.4 Å². The molecule has 0 saturated carbocycles. The average Bonchev–Trinajstić information content (AvgIpc) is 2.84. The molecule has 0 spiro atoms. The van der Waals surface area contributed by atoms with Crippen LogP contribution in [0.25, 0.3) is 0 Å². The van der Waals surface area contributed by atoms with E-state index in [1.165, 1.54) is 0 Å². The van der Waals surface area contributed by atoms with E-state index in [-0.39, 0.29) is 24.3 Å². The second kappa shape index (κ2) is 12.2. The Hall–Kier alpha value is -2.82. The third-order valence-corrected chi connectivity index (χ3v) is 6.25. The van der Waals surface area contributed by atoms with Crippen LogP contribution in [-0.2, 0) is 50.8 Å². The van der Waals surface area contributed by atoms with Gasteiger partial charge in [0.15, 0.2) is 5.41 Å². The Kier molecular flexibility index (Phi) is 10.2. The predicted octanol–water partition coefficient (Wildman–Crippen LogP) is 6.36. The van der Waals surface area contributed by atoms with Gasteiger partial charge in [0.1, 0.15) is 11.5 Å². The van der Waals surface area contributed by atoms with Gasteiger partial charge in [-0.25, -0.2) is 0 Å². The smallest absolute Gasteiger partial charge is 0.454 e. The fourth-order valence-corrected chi connectivity index (χ4v) is 4.53. The van der Waals surface area contributed by atoms with Gasteiger partial charge in [0, 0.05) is 50.7 Å². The topological polar surface area (TPSA) is 77.4 Å². The molecule has 0 radical (unpaired) electrons. The summed E-state index contributed by atoms with van der Waals surface area (Å²) >= 11 is 0. The molecule has 16 heteroatoms. The maximum Gasteiger partial charge on any atom is 0.454 e. The van der Waals surface area contributed by atoms with Gasteiger partial charge in [-0.1, -0.05) is 0 Å². The molecule has 0 saturated heterocycles. The van der Waals surface area contributed by atoms with E-state index >= 15 is 17.6 Å². The number of hydrogen-bond acceptors (Lipinski definition) is 6. The molecule has 0 atom stereocenters. The quantitative estimate of drug-likeness (QED) is 0.272. The van der Waals surface area contributed by atoms with E-state index in [0.29, 0.717) is 0 Å². The van der Waals surface area contributed by atoms with Crippen molar-refractivity contribution < 1.29 is 73.1 Å². The van der Waals surface area contributed by atoms with Crippen LogP contribution in [0, 0.1) is 0 Å². The van der Waals surface area contributed by atoms with Crippen LogP contribution in [0.5, 0.6) is 11.5 Å². The van der Waals surface area contributed by atoms with Gasteiger partial charge in [0.25, 0.3) is 0 Å². The zero-order chi connectivity index (χ0) is 31.6. The number of ether oxygens (including phenoxy) is 4. The third-order valence-electron chi connectivity index (χ3n) is 6.25. The number of benzene rings is 2. The van der Waals surface area contributed by atoms with Crippen molar-refractivity contribution in [2.24, 2.45) is 0 Å². The number of rotatable bonds is 12. The third kappa shape index (κ3) is 5.79. The molecule has 0 fully saturated rings. The lowest BCUT2D eigenvalue weighted by Crippen LogP contribution is -2.68. The minimum Gasteiger partial charge on any atom is -0.507 e. The highest BCUT2D eigenvalue weighted by molar-refractivity contribution is 5.56. The van der Waals surface area contributed by atoms with Crippen LogP contribution in [0.15, 0.2) is 24.3 Å². The van der Waals surface area contributed by atoms with Crippen LogP contribution < -0.4 is 0 Å². The van der Waals surface area contributed by atoms with Crippen LogP contribution in [0.4, 0.5) is 43.9 Å². The first-order chi connectivity index (χ1) is 18.8. The minimum atomic E-state index is -7.00. The molecule has 0 bridgehead atoms. The van der Waals surface area contributed by atoms with Gasteiger partial charge in [-0.2, -0.15) is 43.9 Å². The summed E-state index contributed by atoms with van der Waals surface area (Å²) in [6.45, 7) is -3.16. The highest BCUT2D eigenvalue weighted by atomic mass is 19.4. The Bertz CT molecular complexity index is 1060. The summed E-state index contributed by atoms with van der Waals surface area (Å²) in [7, 11) is 3.94. The highest BCUT2D eigenvalue weighted by Crippen LogP contribution is 2.64. The lowest BCUT2D eigenvalue weighted by molar-refractivity contribution is -0.375. The van der Waals surface area contributed by atoms with Crippen molar-refractivity contribution >= 4 is 0 Å². The second-order valence-electron chi connectivity index (χ2n) is 8.91. The lowest BCUT2D eigenvalue weighted by Gasteiger charge is -2.47. The summed E-state index contributed by atoms with van der Waals surface area (Å²) in [6, 6.07) is 0.596. The standard InChI is InChI=1S/C25H26F10O6/c1-38-9-13-5-17(6-14(10-39-2)19(13)36)21(22(26,27)24(30,31)32,23(28,29)25(33,34)35)18-7-15(11-40-3)20(37)16(8-18)12-41-4/h5-8,36-37H,9-12H2,1-4H3. The molecule has 2 aromatic carbocycles. The molecular weight excluding hydrogens is 586 g/mol. The Morgan fingerprint density at radius 2 is 0.707 bits per heavy atom. The Morgan fingerprint density at radius 3 is 0.878 bits per heavy atom. The zero-order valence-corrected chi connectivity index (χ0v) is 21.9. The first-order valence-electron chi connectivity index (χ1n) is 11.3. The molecule has 6 nitrogen and oxygen atoms in total. The van der Waals surface area contributed by atoms with Crippen LogP contribution in [0.3, 0.4) is 0 Å². The van der Waals surface area contributed by atoms with Crippen LogP contribution in [-0.4, -0.2) is 62.8 Å². The molecule has 0 heterocycles. The highest BCUT2D eigenvalue weighted by Gasteiger charge is 2.85. The van der Waals surface area contributed by atoms with Crippen LogP contribution in [0.1, 0.15) is 33.4 Å². The van der Waals surface area contributed by atoms with E-state index in [0.717, 1.165) is 28.4 Å². The van der Waals surface area contributed by atoms with Crippen molar-refractivity contribution in [2.45, 2.75) is 56.0 Å². The molecule has 232 valence electrons. The second-order valence-corrected chi connectivity index (χ2v) is 8.91. The fraction of sp³-hybridized carbons (Fsp3) is 0.520. The van der Waals surface area contributed by atoms with Gasteiger partial charge in [0.05, 0.1) is 26.4 Å². The van der Waals surface area contributed by atoms with Crippen molar-refractivity contribution in [3.8, 4) is 11.5 Å². The number of methoxy groups -OCH3 is 4. The number of phenols is 2. The van der Waals surface area contributed by atoms with E-state index < -0.39 is 101 Å². The van der Waals surface area contributed by atoms with Crippen molar-refractivity contribution in [1.82, 2.24) is 0 Å². The molecule has 0 aliphatic rings. The molecule has 2 N–H and O–H groups in total. The van der Waals surface area contributed by atoms with Gasteiger partial charge >= 0.3 is 24.2 Å². The van der Waals surface area contributed by atoms with E-state index in [9.17, 15) is 36.6 Å². The first-order valence-corrected chi connectivity index (χ1v) is 11.3. The van der Waals surface area contributed by atoms with Gasteiger partial charge in [0.2, 0.25) is 0 Å². The molecular formula is C25H26F10O6. The maximum atomic E-state index is 15.8. The predicted molar refractivity (Wildman–Crippen MR) is 122 cm³/mol. The first kappa shape index (κ1) is 34.4. The molecule has 0 unspecified atom stereocenters. The molecule has 0 amide bonds. The average molecular weight is 612 g/mol. The van der Waals surface area contributed by atoms with Crippen molar-refractivity contribution in [3.05, 3.63) is 57.6 Å². The fourth-order valence-electron chi connectivity index (χ4n) is 4.53. The van der Waals surface area contributed by atoms with Crippen LogP contribution >= 0.6 is 0 Å². The molecule has 2 aromatic rings. The number of halogens is 10. The van der Waals surface area contributed by atoms with Crippen molar-refractivity contribution in [2.75, 3.05) is 28.4 Å². The normalized spacial score (nSPS) is 13.6. The van der Waals surface area contributed by atoms with Crippen LogP contribution in [0.2, 0.25) is 0 Å². The van der Waals surface area contributed by atoms with Gasteiger partial charge in [-0.3, -0.25) is 0 Å². The molecule has 0 aromatic heterocycles. The van der Waals surface area contributed by atoms with E-state index in [1.807, 2.05) is 0 Å². The Balaban J connectivity index is 3.42. The molecule has 2 rings (SSSR count). The molecule has 0 aliphatic carbocycles. The minimum absolute atomic E-state index is 0.149. The SMILES string of the molecule is COCc1cc(C(c2cc(COC)c(O)c(COC)c2)(C(F)(F)C(F)(F)F)C(F)(F)C(F)(F)F)cc(COC)c1O. The summed E-state index contributed by atoms with van der Waals surface area (Å²) in [5, 5.41) is 20.9. The van der Waals surface area contributed by atoms with Gasteiger partial charge in [-0.15, -0.1) is 0 Å². The zero-order valence-electron chi connectivity index (χ0n) is 21.9. The van der Waals surface area contributed by atoms with Crippen molar-refractivity contribution in [3.63, 3.8) is 0 Å². The number of phenolic OH excluding ortho intramolecular Hbond substituents is 2. The van der Waals surface area contributed by atoms with E-state index in [2.05, 4.69) is 0 Å². The summed E-state index contributed by atoms with van der Waals surface area (Å²) in [4.78, 5) is 0. The molecule has 41 heavy (non-hydrogen) atoms. The number of alkyl halides is 10. The molecule has 0 aliphatic heterocycles. The number of aromatic hydroxyl groups is 2. The summed E-state index contributed by atoms with van der Waals surface area (Å²) in [6.07, 6.45) is -14.0. The van der Waals surface area contributed by atoms with E-state index in [1.54, 1.807) is 0 Å². The monoisotopic (exact) mass is 612 g/mol. The largest absolute Gasteiger partial charge is 0.507 e. The summed E-state index contributed by atoms with van der Waals surface area (Å²) in [5.74, 6) is -15.4. The maximum absolute atomic E-state index is 15.8. The lowest BCUT2D eigenvalue weighted by atomic mass is 9.63. The Labute approximate surface area is 227 Å². The summed E-state index contributed by atoms with van der Waals surface area (Å²) < 4.78 is 167. The Morgan fingerprint density at radius 1 is 0.488 bits per heavy atom. The van der Waals surface area contributed by atoms with Gasteiger partial charge < -0.3 is 29.2 Å².